The highest BCUT2D eigenvalue weighted by atomic mass is 35.5. The Morgan fingerprint density at radius 2 is 2.21 bits per heavy atom. The fourth-order valence-electron chi connectivity index (χ4n) is 2.86. The minimum Gasteiger partial charge on any atom is -0.313 e. The third kappa shape index (κ3) is 3.63. The molecule has 1 aliphatic heterocycles. The van der Waals surface area contributed by atoms with E-state index in [9.17, 15) is 0 Å². The van der Waals surface area contributed by atoms with Crippen molar-refractivity contribution in [3.63, 3.8) is 0 Å². The van der Waals surface area contributed by atoms with Crippen LogP contribution in [0.2, 0.25) is 10.0 Å². The SMILES string of the molecule is CNC(CCN1CCCC1C)c1cccc(Cl)c1Cl. The molecule has 0 radical (unpaired) electrons. The summed E-state index contributed by atoms with van der Waals surface area (Å²) in [6, 6.07) is 6.84. The van der Waals surface area contributed by atoms with Crippen molar-refractivity contribution in [1.29, 1.82) is 0 Å². The molecule has 0 amide bonds. The molecular weight excluding hydrogens is 279 g/mol. The Hall–Kier alpha value is -0.280. The lowest BCUT2D eigenvalue weighted by Crippen LogP contribution is -2.31. The van der Waals surface area contributed by atoms with Crippen molar-refractivity contribution < 1.29 is 0 Å². The number of nitrogens with zero attached hydrogens (tertiary/aromatic N) is 1. The molecule has 19 heavy (non-hydrogen) atoms. The molecule has 2 nitrogen and oxygen atoms in total. The van der Waals surface area contributed by atoms with Crippen molar-refractivity contribution in [2.45, 2.75) is 38.3 Å². The van der Waals surface area contributed by atoms with E-state index >= 15 is 0 Å². The van der Waals surface area contributed by atoms with Crippen LogP contribution in [-0.4, -0.2) is 31.1 Å². The number of hydrogen-bond acceptors (Lipinski definition) is 2. The van der Waals surface area contributed by atoms with Crippen molar-refractivity contribution in [2.75, 3.05) is 20.1 Å². The lowest BCUT2D eigenvalue weighted by Gasteiger charge is -2.25. The van der Waals surface area contributed by atoms with Crippen LogP contribution in [0.15, 0.2) is 18.2 Å². The molecule has 0 aromatic heterocycles. The third-order valence-corrected chi connectivity index (χ3v) is 4.93. The highest BCUT2D eigenvalue weighted by Gasteiger charge is 2.22. The summed E-state index contributed by atoms with van der Waals surface area (Å²) in [4.78, 5) is 2.56. The van der Waals surface area contributed by atoms with Crippen molar-refractivity contribution in [3.05, 3.63) is 33.8 Å². The van der Waals surface area contributed by atoms with Gasteiger partial charge in [0, 0.05) is 18.6 Å². The number of hydrogen-bond donors (Lipinski definition) is 1. The minimum absolute atomic E-state index is 0.263. The second-order valence-electron chi connectivity index (χ2n) is 5.30. The van der Waals surface area contributed by atoms with Crippen LogP contribution in [-0.2, 0) is 0 Å². The van der Waals surface area contributed by atoms with E-state index in [4.69, 9.17) is 23.2 Å². The van der Waals surface area contributed by atoms with Gasteiger partial charge in [-0.05, 0) is 51.4 Å². The maximum absolute atomic E-state index is 6.31. The van der Waals surface area contributed by atoms with Gasteiger partial charge >= 0.3 is 0 Å². The molecule has 2 rings (SSSR count). The third-order valence-electron chi connectivity index (χ3n) is 4.10. The van der Waals surface area contributed by atoms with Gasteiger partial charge < -0.3 is 10.2 Å². The molecule has 0 aliphatic carbocycles. The quantitative estimate of drug-likeness (QED) is 0.879. The van der Waals surface area contributed by atoms with Crippen molar-refractivity contribution in [1.82, 2.24) is 10.2 Å². The summed E-state index contributed by atoms with van der Waals surface area (Å²) in [5, 5.41) is 4.67. The molecule has 2 unspecified atom stereocenters. The maximum Gasteiger partial charge on any atom is 0.0640 e. The fraction of sp³-hybridized carbons (Fsp3) is 0.600. The zero-order chi connectivity index (χ0) is 13.8. The van der Waals surface area contributed by atoms with Crippen LogP contribution >= 0.6 is 23.2 Å². The molecule has 2 atom stereocenters. The van der Waals surface area contributed by atoms with E-state index in [0.717, 1.165) is 18.5 Å². The van der Waals surface area contributed by atoms with Gasteiger partial charge in [-0.1, -0.05) is 35.3 Å². The summed E-state index contributed by atoms with van der Waals surface area (Å²) in [5.74, 6) is 0. The first kappa shape index (κ1) is 15.1. The van der Waals surface area contributed by atoms with Crippen LogP contribution < -0.4 is 5.32 Å². The molecule has 0 bridgehead atoms. The van der Waals surface area contributed by atoms with Gasteiger partial charge in [-0.3, -0.25) is 0 Å². The van der Waals surface area contributed by atoms with E-state index in [1.165, 1.54) is 19.4 Å². The topological polar surface area (TPSA) is 15.3 Å². The molecule has 1 saturated heterocycles. The molecule has 4 heteroatoms. The van der Waals surface area contributed by atoms with Crippen LogP contribution in [0.4, 0.5) is 0 Å². The summed E-state index contributed by atoms with van der Waals surface area (Å²) in [5.41, 5.74) is 1.10. The normalized spacial score (nSPS) is 21.8. The summed E-state index contributed by atoms with van der Waals surface area (Å²) in [6.45, 7) is 4.64. The molecule has 106 valence electrons. The molecule has 0 saturated carbocycles. The molecule has 1 N–H and O–H groups in total. The van der Waals surface area contributed by atoms with Crippen LogP contribution in [0.3, 0.4) is 0 Å². The highest BCUT2D eigenvalue weighted by molar-refractivity contribution is 6.42. The second-order valence-corrected chi connectivity index (χ2v) is 6.09. The largest absolute Gasteiger partial charge is 0.313 e. The first-order valence-electron chi connectivity index (χ1n) is 6.98. The number of benzene rings is 1. The highest BCUT2D eigenvalue weighted by Crippen LogP contribution is 2.31. The standard InChI is InChI=1S/C15H22Cl2N2/c1-11-5-4-9-19(11)10-8-14(18-2)12-6-3-7-13(16)15(12)17/h3,6-7,11,14,18H,4-5,8-10H2,1-2H3. The molecule has 1 fully saturated rings. The Morgan fingerprint density at radius 3 is 2.84 bits per heavy atom. The van der Waals surface area contributed by atoms with E-state index in [2.05, 4.69) is 23.2 Å². The Balaban J connectivity index is 2.01. The molecule has 0 spiro atoms. The first-order valence-corrected chi connectivity index (χ1v) is 7.74. The summed E-state index contributed by atoms with van der Waals surface area (Å²) in [7, 11) is 1.98. The van der Waals surface area contributed by atoms with Gasteiger partial charge in [0.15, 0.2) is 0 Å². The second kappa shape index (κ2) is 6.94. The number of rotatable bonds is 5. The molecule has 1 aliphatic rings. The van der Waals surface area contributed by atoms with E-state index in [0.29, 0.717) is 16.1 Å². The van der Waals surface area contributed by atoms with Crippen molar-refractivity contribution >= 4 is 23.2 Å². The van der Waals surface area contributed by atoms with Gasteiger partial charge in [0.1, 0.15) is 0 Å². The predicted octanol–water partition coefficient (Wildman–Crippen LogP) is 4.13. The molecule has 1 heterocycles. The monoisotopic (exact) mass is 300 g/mol. The van der Waals surface area contributed by atoms with Crippen molar-refractivity contribution in [3.8, 4) is 0 Å². The molecular formula is C15H22Cl2N2. The van der Waals surface area contributed by atoms with E-state index in [-0.39, 0.29) is 6.04 Å². The number of halogens is 2. The van der Waals surface area contributed by atoms with E-state index in [1.54, 1.807) is 0 Å². The van der Waals surface area contributed by atoms with Gasteiger partial charge in [-0.15, -0.1) is 0 Å². The van der Waals surface area contributed by atoms with Crippen LogP contribution in [0.25, 0.3) is 0 Å². The van der Waals surface area contributed by atoms with Gasteiger partial charge in [0.2, 0.25) is 0 Å². The smallest absolute Gasteiger partial charge is 0.0640 e. The Kier molecular flexibility index (Phi) is 5.52. The predicted molar refractivity (Wildman–Crippen MR) is 83.1 cm³/mol. The zero-order valence-electron chi connectivity index (χ0n) is 11.6. The average molecular weight is 301 g/mol. The average Bonchev–Trinajstić information content (AvgIpc) is 2.80. The van der Waals surface area contributed by atoms with E-state index < -0.39 is 0 Å². The molecule has 1 aromatic rings. The Labute approximate surface area is 126 Å². The summed E-state index contributed by atoms with van der Waals surface area (Å²) in [6.07, 6.45) is 3.70. The molecule has 1 aromatic carbocycles. The number of nitrogens with one attached hydrogen (secondary N) is 1. The fourth-order valence-corrected chi connectivity index (χ4v) is 3.30. The Morgan fingerprint density at radius 1 is 1.42 bits per heavy atom. The zero-order valence-corrected chi connectivity index (χ0v) is 13.1. The lowest BCUT2D eigenvalue weighted by molar-refractivity contribution is 0.253. The van der Waals surface area contributed by atoms with E-state index in [1.807, 2.05) is 19.2 Å². The number of likely N-dealkylation sites (tertiary alicyclic amines) is 1. The van der Waals surface area contributed by atoms with Crippen molar-refractivity contribution in [2.24, 2.45) is 0 Å². The minimum atomic E-state index is 0.263. The maximum atomic E-state index is 6.31. The van der Waals surface area contributed by atoms with Crippen LogP contribution in [0.5, 0.6) is 0 Å². The van der Waals surface area contributed by atoms with Gasteiger partial charge in [-0.25, -0.2) is 0 Å². The summed E-state index contributed by atoms with van der Waals surface area (Å²) >= 11 is 12.4. The summed E-state index contributed by atoms with van der Waals surface area (Å²) < 4.78 is 0. The Bertz CT molecular complexity index is 423. The van der Waals surface area contributed by atoms with Crippen LogP contribution in [0, 0.1) is 0 Å². The lowest BCUT2D eigenvalue weighted by atomic mass is 10.0. The van der Waals surface area contributed by atoms with Crippen LogP contribution in [0.1, 0.15) is 37.8 Å². The first-order chi connectivity index (χ1) is 9.13. The van der Waals surface area contributed by atoms with Gasteiger partial charge in [-0.2, -0.15) is 0 Å². The van der Waals surface area contributed by atoms with Gasteiger partial charge in [0.05, 0.1) is 10.0 Å². The van der Waals surface area contributed by atoms with Gasteiger partial charge in [0.25, 0.3) is 0 Å².